The molecule has 0 aliphatic heterocycles. The Kier molecular flexibility index (Phi) is 11.4. The Balaban J connectivity index is 2.19. The Hall–Kier alpha value is -2.79. The maximum Gasteiger partial charge on any atom is 0.416 e. The first kappa shape index (κ1) is 31.4. The maximum absolute atomic E-state index is 13.2. The molecule has 0 spiro atoms. The van der Waals surface area contributed by atoms with Gasteiger partial charge in [-0.2, -0.15) is 13.2 Å². The Morgan fingerprint density at radius 1 is 1.08 bits per heavy atom. The summed E-state index contributed by atoms with van der Waals surface area (Å²) < 4.78 is 65.1. The van der Waals surface area contributed by atoms with Gasteiger partial charge in [-0.25, -0.2) is 8.42 Å². The number of alkyl halides is 3. The van der Waals surface area contributed by atoms with Crippen LogP contribution in [0.3, 0.4) is 0 Å². The molecule has 0 saturated heterocycles. The lowest BCUT2D eigenvalue weighted by molar-refractivity contribution is -0.140. The zero-order chi connectivity index (χ0) is 28.5. The van der Waals surface area contributed by atoms with Crippen LogP contribution in [0.2, 0.25) is 5.02 Å². The van der Waals surface area contributed by atoms with E-state index in [9.17, 15) is 31.2 Å². The molecular formula is C26H33ClF3N3O4S. The molecule has 2 amide bonds. The lowest BCUT2D eigenvalue weighted by atomic mass is 10.1. The third-order valence-corrected chi connectivity index (χ3v) is 7.32. The van der Waals surface area contributed by atoms with Gasteiger partial charge in [-0.05, 0) is 55.7 Å². The lowest BCUT2D eigenvalue weighted by Crippen LogP contribution is -2.48. The lowest BCUT2D eigenvalue weighted by Gasteiger charge is -2.29. The van der Waals surface area contributed by atoms with Crippen LogP contribution < -0.4 is 9.62 Å². The van der Waals surface area contributed by atoms with Gasteiger partial charge in [0.25, 0.3) is 0 Å². The van der Waals surface area contributed by atoms with Crippen LogP contribution in [0, 0.1) is 0 Å². The van der Waals surface area contributed by atoms with Crippen LogP contribution in [-0.4, -0.2) is 50.5 Å². The molecule has 38 heavy (non-hydrogen) atoms. The molecular weight excluding hydrogens is 543 g/mol. The van der Waals surface area contributed by atoms with Gasteiger partial charge in [0.1, 0.15) is 6.04 Å². The van der Waals surface area contributed by atoms with Crippen molar-refractivity contribution in [3.8, 4) is 0 Å². The van der Waals surface area contributed by atoms with Crippen molar-refractivity contribution in [2.45, 2.75) is 58.3 Å². The zero-order valence-corrected chi connectivity index (χ0v) is 23.2. The number of rotatable bonds is 13. The fourth-order valence-corrected chi connectivity index (χ4v) is 4.83. The van der Waals surface area contributed by atoms with Crippen molar-refractivity contribution in [2.24, 2.45) is 0 Å². The molecule has 7 nitrogen and oxygen atoms in total. The van der Waals surface area contributed by atoms with E-state index in [0.29, 0.717) is 11.6 Å². The average molecular weight is 576 g/mol. The largest absolute Gasteiger partial charge is 0.416 e. The van der Waals surface area contributed by atoms with Crippen LogP contribution in [0.25, 0.3) is 0 Å². The van der Waals surface area contributed by atoms with E-state index in [2.05, 4.69) is 5.32 Å². The average Bonchev–Trinajstić information content (AvgIpc) is 2.84. The number of amides is 2. The van der Waals surface area contributed by atoms with Gasteiger partial charge in [0.15, 0.2) is 0 Å². The molecule has 1 N–H and O–H groups in total. The van der Waals surface area contributed by atoms with Crippen LogP contribution in [0.1, 0.15) is 50.7 Å². The summed E-state index contributed by atoms with van der Waals surface area (Å²) >= 11 is 5.95. The predicted octanol–water partition coefficient (Wildman–Crippen LogP) is 5.24. The van der Waals surface area contributed by atoms with Crippen molar-refractivity contribution in [1.29, 1.82) is 0 Å². The summed E-state index contributed by atoms with van der Waals surface area (Å²) in [6.07, 6.45) is -2.14. The molecule has 1 atom stereocenters. The first-order valence-corrected chi connectivity index (χ1v) is 14.4. The van der Waals surface area contributed by atoms with Crippen molar-refractivity contribution < 1.29 is 31.2 Å². The number of hydrogen-bond acceptors (Lipinski definition) is 4. The first-order valence-electron chi connectivity index (χ1n) is 12.2. The van der Waals surface area contributed by atoms with Crippen molar-refractivity contribution in [3.05, 3.63) is 64.7 Å². The molecule has 0 fully saturated rings. The second-order valence-electron chi connectivity index (χ2n) is 8.96. The minimum atomic E-state index is -4.63. The monoisotopic (exact) mass is 575 g/mol. The van der Waals surface area contributed by atoms with E-state index in [1.54, 1.807) is 31.2 Å². The third-order valence-electron chi connectivity index (χ3n) is 5.88. The van der Waals surface area contributed by atoms with E-state index in [4.69, 9.17) is 11.6 Å². The van der Waals surface area contributed by atoms with Crippen LogP contribution >= 0.6 is 11.6 Å². The molecule has 0 aromatic heterocycles. The summed E-state index contributed by atoms with van der Waals surface area (Å²) in [4.78, 5) is 27.4. The first-order chi connectivity index (χ1) is 17.7. The van der Waals surface area contributed by atoms with Crippen LogP contribution in [0.4, 0.5) is 18.9 Å². The van der Waals surface area contributed by atoms with E-state index < -0.39 is 33.7 Å². The van der Waals surface area contributed by atoms with E-state index in [1.807, 2.05) is 6.92 Å². The smallest absolute Gasteiger partial charge is 0.354 e. The van der Waals surface area contributed by atoms with E-state index in [1.165, 1.54) is 11.0 Å². The van der Waals surface area contributed by atoms with Crippen LogP contribution in [0.5, 0.6) is 0 Å². The molecule has 0 aliphatic rings. The molecule has 0 bridgehead atoms. The molecule has 0 unspecified atom stereocenters. The van der Waals surface area contributed by atoms with Gasteiger partial charge in [-0.15, -0.1) is 0 Å². The Labute approximate surface area is 227 Å². The number of halogens is 4. The highest BCUT2D eigenvalue weighted by atomic mass is 35.5. The summed E-state index contributed by atoms with van der Waals surface area (Å²) in [5, 5.41) is 3.33. The van der Waals surface area contributed by atoms with Gasteiger partial charge < -0.3 is 10.2 Å². The van der Waals surface area contributed by atoms with Gasteiger partial charge in [-0.1, -0.05) is 43.1 Å². The third kappa shape index (κ3) is 9.50. The zero-order valence-electron chi connectivity index (χ0n) is 21.6. The minimum absolute atomic E-state index is 0.0312. The molecule has 2 rings (SSSR count). The van der Waals surface area contributed by atoms with Crippen LogP contribution in [0.15, 0.2) is 48.5 Å². The molecule has 0 aliphatic carbocycles. The highest BCUT2D eigenvalue weighted by molar-refractivity contribution is 7.92. The predicted molar refractivity (Wildman–Crippen MR) is 142 cm³/mol. The highest BCUT2D eigenvalue weighted by Gasteiger charge is 2.32. The summed E-state index contributed by atoms with van der Waals surface area (Å²) in [6, 6.07) is 10.0. The van der Waals surface area contributed by atoms with Crippen molar-refractivity contribution >= 4 is 39.1 Å². The summed E-state index contributed by atoms with van der Waals surface area (Å²) in [6.45, 7) is 3.99. The van der Waals surface area contributed by atoms with Crippen LogP contribution in [-0.2, 0) is 32.3 Å². The number of unbranched alkanes of at least 4 members (excludes halogenated alkanes) is 1. The second kappa shape index (κ2) is 13.8. The maximum atomic E-state index is 13.2. The topological polar surface area (TPSA) is 86.8 Å². The van der Waals surface area contributed by atoms with Crippen molar-refractivity contribution in [1.82, 2.24) is 10.2 Å². The fraction of sp³-hybridized carbons (Fsp3) is 0.462. The Morgan fingerprint density at radius 2 is 1.74 bits per heavy atom. The number of hydrogen-bond donors (Lipinski definition) is 1. The van der Waals surface area contributed by atoms with Gasteiger partial charge in [0.05, 0.1) is 17.5 Å². The molecule has 0 radical (unpaired) electrons. The number of nitrogens with zero attached hydrogens (tertiary/aromatic N) is 2. The molecule has 0 heterocycles. The molecule has 2 aromatic carbocycles. The number of carbonyl (C=O) groups is 2. The van der Waals surface area contributed by atoms with Crippen molar-refractivity contribution in [3.63, 3.8) is 0 Å². The standard InChI is InChI=1S/C26H33ClF3N3O4S/c1-4-5-15-31-25(35)19(2)32(18-20-11-13-22(27)14-12-20)24(34)10-7-16-33(38(3,36)37)23-9-6-8-21(17-23)26(28,29)30/h6,8-9,11-14,17,19H,4-5,7,10,15-16,18H2,1-3H3,(H,31,35)/t19-/m0/s1. The molecule has 2 aromatic rings. The number of sulfonamides is 1. The summed E-state index contributed by atoms with van der Waals surface area (Å²) in [7, 11) is -3.93. The number of benzene rings is 2. The number of anilines is 1. The van der Waals surface area contributed by atoms with Gasteiger partial charge >= 0.3 is 6.18 Å². The SMILES string of the molecule is CCCCNC(=O)[C@H](C)N(Cc1ccc(Cl)cc1)C(=O)CCCN(c1cccc(C(F)(F)F)c1)S(C)(=O)=O. The summed E-state index contributed by atoms with van der Waals surface area (Å²) in [5.41, 5.74) is -0.370. The molecule has 210 valence electrons. The number of nitrogens with one attached hydrogen (secondary N) is 1. The van der Waals surface area contributed by atoms with E-state index in [-0.39, 0.29) is 37.5 Å². The molecule has 0 saturated carbocycles. The summed E-state index contributed by atoms with van der Waals surface area (Å²) in [5.74, 6) is -0.710. The number of carbonyl (C=O) groups excluding carboxylic acids is 2. The second-order valence-corrected chi connectivity index (χ2v) is 11.3. The Bertz CT molecular complexity index is 1190. The molecule has 12 heteroatoms. The normalized spacial score (nSPS) is 12.6. The van der Waals surface area contributed by atoms with E-state index >= 15 is 0 Å². The van der Waals surface area contributed by atoms with Crippen molar-refractivity contribution in [2.75, 3.05) is 23.7 Å². The minimum Gasteiger partial charge on any atom is -0.354 e. The van der Waals surface area contributed by atoms with E-state index in [0.717, 1.165) is 47.2 Å². The quantitative estimate of drug-likeness (QED) is 0.331. The Morgan fingerprint density at radius 3 is 2.32 bits per heavy atom. The van der Waals surface area contributed by atoms with Gasteiger partial charge in [0, 0.05) is 31.1 Å². The van der Waals surface area contributed by atoms with Gasteiger partial charge in [0.2, 0.25) is 21.8 Å². The highest BCUT2D eigenvalue weighted by Crippen LogP contribution is 2.32. The fourth-order valence-electron chi connectivity index (χ4n) is 3.75. The van der Waals surface area contributed by atoms with Gasteiger partial charge in [-0.3, -0.25) is 13.9 Å².